The topological polar surface area (TPSA) is 58.6 Å². The summed E-state index contributed by atoms with van der Waals surface area (Å²) in [6.07, 6.45) is 0.429. The number of carbonyl (C=O) groups is 2. The maximum Gasteiger partial charge on any atom is 0.251 e. The van der Waals surface area contributed by atoms with Crippen molar-refractivity contribution >= 4 is 11.8 Å². The summed E-state index contributed by atoms with van der Waals surface area (Å²) in [6.45, 7) is 5.00. The van der Waals surface area contributed by atoms with Crippen LogP contribution in [-0.2, 0) is 16.0 Å². The molecule has 142 valence electrons. The van der Waals surface area contributed by atoms with Crippen molar-refractivity contribution in [3.8, 4) is 0 Å². The molecule has 2 amide bonds. The molecule has 27 heavy (non-hydrogen) atoms. The zero-order valence-electron chi connectivity index (χ0n) is 15.8. The minimum Gasteiger partial charge on any atom is -0.372 e. The molecule has 1 saturated heterocycles. The highest BCUT2D eigenvalue weighted by Gasteiger charge is 2.31. The lowest BCUT2D eigenvalue weighted by Gasteiger charge is -2.37. The summed E-state index contributed by atoms with van der Waals surface area (Å²) in [5, 5.41) is 2.94. The van der Waals surface area contributed by atoms with E-state index in [-0.39, 0.29) is 24.0 Å². The van der Waals surface area contributed by atoms with Gasteiger partial charge in [0, 0.05) is 25.1 Å². The van der Waals surface area contributed by atoms with Gasteiger partial charge in [0.1, 0.15) is 6.04 Å². The van der Waals surface area contributed by atoms with E-state index in [1.54, 1.807) is 17.0 Å². The van der Waals surface area contributed by atoms with Gasteiger partial charge in [-0.1, -0.05) is 48.5 Å². The highest BCUT2D eigenvalue weighted by Crippen LogP contribution is 2.14. The van der Waals surface area contributed by atoms with E-state index in [1.165, 1.54) is 0 Å². The van der Waals surface area contributed by atoms with Gasteiger partial charge in [0.05, 0.1) is 12.2 Å². The van der Waals surface area contributed by atoms with Gasteiger partial charge in [0.25, 0.3) is 5.91 Å². The number of amides is 2. The molecule has 0 unspecified atom stereocenters. The van der Waals surface area contributed by atoms with Crippen LogP contribution in [0.25, 0.3) is 0 Å². The van der Waals surface area contributed by atoms with Crippen LogP contribution in [0.5, 0.6) is 0 Å². The fraction of sp³-hybridized carbons (Fsp3) is 0.364. The fourth-order valence-electron chi connectivity index (χ4n) is 3.46. The number of nitrogens with zero attached hydrogens (tertiary/aromatic N) is 1. The molecule has 3 atom stereocenters. The van der Waals surface area contributed by atoms with E-state index in [0.717, 1.165) is 5.56 Å². The van der Waals surface area contributed by atoms with E-state index in [2.05, 4.69) is 5.32 Å². The lowest BCUT2D eigenvalue weighted by molar-refractivity contribution is -0.145. The van der Waals surface area contributed by atoms with Crippen molar-refractivity contribution in [3.63, 3.8) is 0 Å². The molecule has 1 heterocycles. The van der Waals surface area contributed by atoms with Gasteiger partial charge >= 0.3 is 0 Å². The second-order valence-corrected chi connectivity index (χ2v) is 7.08. The molecule has 3 rings (SSSR count). The summed E-state index contributed by atoms with van der Waals surface area (Å²) in [5.41, 5.74) is 1.56. The van der Waals surface area contributed by atoms with Crippen LogP contribution in [0.2, 0.25) is 0 Å². The largest absolute Gasteiger partial charge is 0.372 e. The van der Waals surface area contributed by atoms with E-state index in [9.17, 15) is 9.59 Å². The van der Waals surface area contributed by atoms with Crippen LogP contribution >= 0.6 is 0 Å². The molecule has 1 aliphatic heterocycles. The molecule has 0 radical (unpaired) electrons. The monoisotopic (exact) mass is 366 g/mol. The number of benzene rings is 2. The van der Waals surface area contributed by atoms with Gasteiger partial charge in [0.15, 0.2) is 0 Å². The molecular formula is C22H26N2O3. The van der Waals surface area contributed by atoms with Crippen molar-refractivity contribution in [2.45, 2.75) is 38.5 Å². The summed E-state index contributed by atoms with van der Waals surface area (Å²) < 4.78 is 5.73. The zero-order valence-corrected chi connectivity index (χ0v) is 15.8. The minimum absolute atomic E-state index is 0.0140. The summed E-state index contributed by atoms with van der Waals surface area (Å²) in [7, 11) is 0. The van der Waals surface area contributed by atoms with Crippen molar-refractivity contribution in [2.24, 2.45) is 0 Å². The standard InChI is InChI=1S/C22H26N2O3/c1-16-14-24(15-17(2)27-16)22(26)20(13-18-9-5-3-6-10-18)23-21(25)19-11-7-4-8-12-19/h3-12,16-17,20H,13-15H2,1-2H3,(H,23,25)/t16-,17+,20-/m0/s1. The first-order valence-corrected chi connectivity index (χ1v) is 9.37. The molecule has 2 aromatic rings. The number of hydrogen-bond acceptors (Lipinski definition) is 3. The Hall–Kier alpha value is -2.66. The number of rotatable bonds is 5. The van der Waals surface area contributed by atoms with Crippen LogP contribution in [0.3, 0.4) is 0 Å². The SMILES string of the molecule is C[C@@H]1CN(C(=O)[C@H](Cc2ccccc2)NC(=O)c2ccccc2)C[C@H](C)O1. The highest BCUT2D eigenvalue weighted by atomic mass is 16.5. The smallest absolute Gasteiger partial charge is 0.251 e. The van der Waals surface area contributed by atoms with Crippen molar-refractivity contribution in [3.05, 3.63) is 71.8 Å². The van der Waals surface area contributed by atoms with Gasteiger partial charge in [-0.15, -0.1) is 0 Å². The Kier molecular flexibility index (Phi) is 6.24. The lowest BCUT2D eigenvalue weighted by Crippen LogP contribution is -2.55. The quantitative estimate of drug-likeness (QED) is 0.885. The Morgan fingerprint density at radius 3 is 2.15 bits per heavy atom. The third-order valence-electron chi connectivity index (χ3n) is 4.65. The zero-order chi connectivity index (χ0) is 19.2. The second-order valence-electron chi connectivity index (χ2n) is 7.08. The van der Waals surface area contributed by atoms with Crippen molar-refractivity contribution in [2.75, 3.05) is 13.1 Å². The van der Waals surface area contributed by atoms with E-state index in [1.807, 2.05) is 62.4 Å². The molecule has 0 saturated carbocycles. The van der Waals surface area contributed by atoms with Crippen molar-refractivity contribution in [1.82, 2.24) is 10.2 Å². The number of morpholine rings is 1. The van der Waals surface area contributed by atoms with Crippen molar-refractivity contribution < 1.29 is 14.3 Å². The summed E-state index contributed by atoms with van der Waals surface area (Å²) in [6, 6.07) is 18.1. The van der Waals surface area contributed by atoms with E-state index < -0.39 is 6.04 Å². The average molecular weight is 366 g/mol. The maximum absolute atomic E-state index is 13.2. The number of hydrogen-bond donors (Lipinski definition) is 1. The molecule has 5 heteroatoms. The second kappa shape index (κ2) is 8.82. The summed E-state index contributed by atoms with van der Waals surface area (Å²) in [4.78, 5) is 27.7. The van der Waals surface area contributed by atoms with Gasteiger partial charge in [-0.25, -0.2) is 0 Å². The molecule has 1 aliphatic rings. The first kappa shape index (κ1) is 19.1. The molecule has 1 N–H and O–H groups in total. The van der Waals surface area contributed by atoms with Crippen LogP contribution in [0.15, 0.2) is 60.7 Å². The van der Waals surface area contributed by atoms with Crippen LogP contribution in [0, 0.1) is 0 Å². The van der Waals surface area contributed by atoms with Crippen LogP contribution < -0.4 is 5.32 Å². The van der Waals surface area contributed by atoms with E-state index in [4.69, 9.17) is 4.74 Å². The molecule has 0 aromatic heterocycles. The predicted octanol–water partition coefficient (Wildman–Crippen LogP) is 2.66. The molecule has 2 aromatic carbocycles. The summed E-state index contributed by atoms with van der Waals surface area (Å²) >= 11 is 0. The van der Waals surface area contributed by atoms with E-state index in [0.29, 0.717) is 25.1 Å². The molecule has 0 aliphatic carbocycles. The Morgan fingerprint density at radius 1 is 1.00 bits per heavy atom. The summed E-state index contributed by atoms with van der Waals surface area (Å²) in [5.74, 6) is -0.302. The molecule has 1 fully saturated rings. The Morgan fingerprint density at radius 2 is 1.56 bits per heavy atom. The third-order valence-corrected chi connectivity index (χ3v) is 4.65. The third kappa shape index (κ3) is 5.17. The first-order valence-electron chi connectivity index (χ1n) is 9.37. The lowest BCUT2D eigenvalue weighted by atomic mass is 10.0. The molecular weight excluding hydrogens is 340 g/mol. The highest BCUT2D eigenvalue weighted by molar-refractivity contribution is 5.97. The molecule has 0 bridgehead atoms. The van der Waals surface area contributed by atoms with Gasteiger partial charge in [-0.2, -0.15) is 0 Å². The average Bonchev–Trinajstić information content (AvgIpc) is 2.67. The maximum atomic E-state index is 13.2. The number of ether oxygens (including phenoxy) is 1. The Bertz CT molecular complexity index is 754. The number of carbonyl (C=O) groups excluding carboxylic acids is 2. The Labute approximate surface area is 160 Å². The van der Waals surface area contributed by atoms with Crippen LogP contribution in [-0.4, -0.2) is 48.1 Å². The van der Waals surface area contributed by atoms with Crippen LogP contribution in [0.4, 0.5) is 0 Å². The first-order chi connectivity index (χ1) is 13.0. The predicted molar refractivity (Wildman–Crippen MR) is 104 cm³/mol. The minimum atomic E-state index is -0.613. The van der Waals surface area contributed by atoms with E-state index >= 15 is 0 Å². The van der Waals surface area contributed by atoms with Gasteiger partial charge in [-0.3, -0.25) is 9.59 Å². The molecule has 0 spiro atoms. The fourth-order valence-corrected chi connectivity index (χ4v) is 3.46. The normalized spacial score (nSPS) is 20.7. The van der Waals surface area contributed by atoms with Gasteiger partial charge < -0.3 is 15.0 Å². The van der Waals surface area contributed by atoms with Gasteiger partial charge in [0.2, 0.25) is 5.91 Å². The van der Waals surface area contributed by atoms with Gasteiger partial charge in [-0.05, 0) is 31.5 Å². The number of nitrogens with one attached hydrogen (secondary N) is 1. The van der Waals surface area contributed by atoms with Crippen LogP contribution in [0.1, 0.15) is 29.8 Å². The molecule has 5 nitrogen and oxygen atoms in total. The van der Waals surface area contributed by atoms with Crippen molar-refractivity contribution in [1.29, 1.82) is 0 Å². The Balaban J connectivity index is 1.78.